The van der Waals surface area contributed by atoms with Gasteiger partial charge >= 0.3 is 5.97 Å². The standard InChI is InChI=1S/C12H12BrClN4O2/c1-7(5-10(19)20)6-18-12(15-16-17-18)8-3-2-4-9(13)11(8)14/h2-4,7H,5-6H2,1H3,(H,19,20). The minimum absolute atomic E-state index is 0.0610. The first-order valence-electron chi connectivity index (χ1n) is 5.91. The van der Waals surface area contributed by atoms with Crippen LogP contribution in [0, 0.1) is 5.92 Å². The molecule has 0 saturated carbocycles. The second-order valence-corrected chi connectivity index (χ2v) is 5.72. The molecule has 106 valence electrons. The normalized spacial score (nSPS) is 12.3. The molecule has 0 fully saturated rings. The molecule has 1 atom stereocenters. The number of tetrazole rings is 1. The maximum atomic E-state index is 10.7. The van der Waals surface area contributed by atoms with Crippen LogP contribution in [0.4, 0.5) is 0 Å². The van der Waals surface area contributed by atoms with Gasteiger partial charge in [-0.15, -0.1) is 5.10 Å². The first-order valence-corrected chi connectivity index (χ1v) is 7.08. The summed E-state index contributed by atoms with van der Waals surface area (Å²) in [5, 5.41) is 20.8. The molecule has 1 aromatic carbocycles. The van der Waals surface area contributed by atoms with Gasteiger partial charge in [0.15, 0.2) is 5.82 Å². The zero-order valence-corrected chi connectivity index (χ0v) is 13.0. The van der Waals surface area contributed by atoms with Gasteiger partial charge < -0.3 is 5.11 Å². The number of nitrogens with zero attached hydrogens (tertiary/aromatic N) is 4. The summed E-state index contributed by atoms with van der Waals surface area (Å²) in [6, 6.07) is 5.48. The van der Waals surface area contributed by atoms with Gasteiger partial charge in [-0.1, -0.05) is 24.6 Å². The number of hydrogen-bond acceptors (Lipinski definition) is 4. The molecule has 1 unspecified atom stereocenters. The van der Waals surface area contributed by atoms with Crippen molar-refractivity contribution in [1.82, 2.24) is 20.2 Å². The first-order chi connectivity index (χ1) is 9.49. The Kier molecular flexibility index (Phi) is 4.72. The van der Waals surface area contributed by atoms with E-state index in [1.165, 1.54) is 0 Å². The molecule has 0 bridgehead atoms. The molecule has 6 nitrogen and oxygen atoms in total. The van der Waals surface area contributed by atoms with Gasteiger partial charge in [-0.25, -0.2) is 4.68 Å². The van der Waals surface area contributed by atoms with E-state index in [4.69, 9.17) is 16.7 Å². The van der Waals surface area contributed by atoms with Crippen LogP contribution in [-0.4, -0.2) is 31.3 Å². The molecule has 0 amide bonds. The summed E-state index contributed by atoms with van der Waals surface area (Å²) in [6.45, 7) is 2.25. The molecular weight excluding hydrogens is 348 g/mol. The second kappa shape index (κ2) is 6.32. The largest absolute Gasteiger partial charge is 0.481 e. The van der Waals surface area contributed by atoms with E-state index in [-0.39, 0.29) is 12.3 Å². The van der Waals surface area contributed by atoms with Gasteiger partial charge in [0, 0.05) is 23.0 Å². The van der Waals surface area contributed by atoms with Crippen molar-refractivity contribution in [2.75, 3.05) is 0 Å². The molecule has 1 N–H and O–H groups in total. The maximum Gasteiger partial charge on any atom is 0.303 e. The van der Waals surface area contributed by atoms with Crippen molar-refractivity contribution in [3.05, 3.63) is 27.7 Å². The van der Waals surface area contributed by atoms with Crippen LogP contribution in [0.3, 0.4) is 0 Å². The van der Waals surface area contributed by atoms with Gasteiger partial charge in [0.05, 0.1) is 5.02 Å². The van der Waals surface area contributed by atoms with E-state index in [0.29, 0.717) is 23.0 Å². The monoisotopic (exact) mass is 358 g/mol. The molecule has 20 heavy (non-hydrogen) atoms. The van der Waals surface area contributed by atoms with E-state index in [0.717, 1.165) is 4.47 Å². The topological polar surface area (TPSA) is 80.9 Å². The minimum atomic E-state index is -0.840. The molecule has 0 radical (unpaired) electrons. The van der Waals surface area contributed by atoms with E-state index >= 15 is 0 Å². The van der Waals surface area contributed by atoms with E-state index in [9.17, 15) is 4.79 Å². The van der Waals surface area contributed by atoms with E-state index in [1.54, 1.807) is 4.68 Å². The zero-order chi connectivity index (χ0) is 14.7. The Hall–Kier alpha value is -1.47. The van der Waals surface area contributed by atoms with Crippen LogP contribution in [0.15, 0.2) is 22.7 Å². The number of benzene rings is 1. The summed E-state index contributed by atoms with van der Waals surface area (Å²) in [5.74, 6) is -0.401. The highest BCUT2D eigenvalue weighted by molar-refractivity contribution is 9.10. The van der Waals surface area contributed by atoms with Crippen LogP contribution < -0.4 is 0 Å². The molecule has 8 heteroatoms. The van der Waals surface area contributed by atoms with Gasteiger partial charge in [0.1, 0.15) is 0 Å². The van der Waals surface area contributed by atoms with E-state index in [2.05, 4.69) is 31.5 Å². The Balaban J connectivity index is 2.29. The van der Waals surface area contributed by atoms with Crippen LogP contribution in [-0.2, 0) is 11.3 Å². The van der Waals surface area contributed by atoms with E-state index < -0.39 is 5.97 Å². The Bertz CT molecular complexity index is 632. The van der Waals surface area contributed by atoms with Gasteiger partial charge in [-0.05, 0) is 44.4 Å². The van der Waals surface area contributed by atoms with E-state index in [1.807, 2.05) is 25.1 Å². The minimum Gasteiger partial charge on any atom is -0.481 e. The van der Waals surface area contributed by atoms with Crippen molar-refractivity contribution in [2.24, 2.45) is 5.92 Å². The first kappa shape index (κ1) is 14.9. The summed E-state index contributed by atoms with van der Waals surface area (Å²) in [5.41, 5.74) is 0.702. The molecule has 2 aromatic rings. The van der Waals surface area contributed by atoms with Crippen LogP contribution in [0.2, 0.25) is 5.02 Å². The maximum absolute atomic E-state index is 10.7. The lowest BCUT2D eigenvalue weighted by Crippen LogP contribution is -2.14. The SMILES string of the molecule is CC(CC(=O)O)Cn1nnnc1-c1cccc(Br)c1Cl. The third kappa shape index (κ3) is 3.34. The molecule has 0 spiro atoms. The van der Waals surface area contributed by atoms with Crippen molar-refractivity contribution in [3.8, 4) is 11.4 Å². The average molecular weight is 360 g/mol. The molecule has 0 aliphatic heterocycles. The number of carboxylic acids is 1. The number of aliphatic carboxylic acids is 1. The number of carboxylic acid groups (broad SMARTS) is 1. The highest BCUT2D eigenvalue weighted by Gasteiger charge is 2.17. The third-order valence-electron chi connectivity index (χ3n) is 2.73. The van der Waals surface area contributed by atoms with Crippen molar-refractivity contribution < 1.29 is 9.90 Å². The summed E-state index contributed by atoms with van der Waals surface area (Å²) in [7, 11) is 0. The average Bonchev–Trinajstić information content (AvgIpc) is 2.79. The fraction of sp³-hybridized carbons (Fsp3) is 0.333. The molecule has 0 saturated heterocycles. The lowest BCUT2D eigenvalue weighted by molar-refractivity contribution is -0.138. The summed E-state index contributed by atoms with van der Waals surface area (Å²) in [4.78, 5) is 10.7. The second-order valence-electron chi connectivity index (χ2n) is 4.49. The van der Waals surface area contributed by atoms with Crippen LogP contribution in [0.25, 0.3) is 11.4 Å². The summed E-state index contributed by atoms with van der Waals surface area (Å²) >= 11 is 9.58. The summed E-state index contributed by atoms with van der Waals surface area (Å²) in [6.07, 6.45) is 0.0610. The molecule has 0 aliphatic carbocycles. The Morgan fingerprint density at radius 3 is 3.00 bits per heavy atom. The van der Waals surface area contributed by atoms with Crippen LogP contribution in [0.5, 0.6) is 0 Å². The smallest absolute Gasteiger partial charge is 0.303 e. The third-order valence-corrected chi connectivity index (χ3v) is 4.03. The highest BCUT2D eigenvalue weighted by Crippen LogP contribution is 2.32. The van der Waals surface area contributed by atoms with Crippen molar-refractivity contribution in [2.45, 2.75) is 19.9 Å². The zero-order valence-electron chi connectivity index (χ0n) is 10.6. The Morgan fingerprint density at radius 2 is 2.30 bits per heavy atom. The lowest BCUT2D eigenvalue weighted by Gasteiger charge is -2.11. The number of hydrogen-bond donors (Lipinski definition) is 1. The molecular formula is C12H12BrClN4O2. The van der Waals surface area contributed by atoms with Crippen molar-refractivity contribution in [1.29, 1.82) is 0 Å². The fourth-order valence-corrected chi connectivity index (χ4v) is 2.43. The van der Waals surface area contributed by atoms with Crippen molar-refractivity contribution in [3.63, 3.8) is 0 Å². The predicted molar refractivity (Wildman–Crippen MR) is 77.4 cm³/mol. The number of aromatic nitrogens is 4. The Morgan fingerprint density at radius 1 is 1.55 bits per heavy atom. The van der Waals surface area contributed by atoms with Gasteiger partial charge in [-0.3, -0.25) is 4.79 Å². The Labute approximate surface area is 128 Å². The summed E-state index contributed by atoms with van der Waals surface area (Å²) < 4.78 is 2.33. The van der Waals surface area contributed by atoms with Gasteiger partial charge in [0.2, 0.25) is 0 Å². The fourth-order valence-electron chi connectivity index (χ4n) is 1.85. The highest BCUT2D eigenvalue weighted by atomic mass is 79.9. The lowest BCUT2D eigenvalue weighted by atomic mass is 10.1. The van der Waals surface area contributed by atoms with Crippen LogP contribution in [0.1, 0.15) is 13.3 Å². The molecule has 1 heterocycles. The molecule has 2 rings (SSSR count). The number of rotatable bonds is 5. The molecule has 0 aliphatic rings. The number of carbonyl (C=O) groups is 1. The van der Waals surface area contributed by atoms with Crippen LogP contribution >= 0.6 is 27.5 Å². The quantitative estimate of drug-likeness (QED) is 0.888. The number of halogens is 2. The predicted octanol–water partition coefficient (Wildman–Crippen LogP) is 2.87. The van der Waals surface area contributed by atoms with Crippen molar-refractivity contribution >= 4 is 33.5 Å². The van der Waals surface area contributed by atoms with Gasteiger partial charge in [-0.2, -0.15) is 0 Å². The van der Waals surface area contributed by atoms with Gasteiger partial charge in [0.25, 0.3) is 0 Å². The molecule has 1 aromatic heterocycles.